The summed E-state index contributed by atoms with van der Waals surface area (Å²) >= 11 is 0. The summed E-state index contributed by atoms with van der Waals surface area (Å²) in [6, 6.07) is 57.7. The Morgan fingerprint density at radius 3 is 1.62 bits per heavy atom. The van der Waals surface area contributed by atoms with Gasteiger partial charge in [-0.05, 0) is 83.4 Å². The predicted molar refractivity (Wildman–Crippen MR) is 200 cm³/mol. The van der Waals surface area contributed by atoms with Crippen LogP contribution in [0.4, 0.5) is 0 Å². The quantitative estimate of drug-likeness (QED) is 0.193. The van der Waals surface area contributed by atoms with Crippen LogP contribution < -0.4 is 0 Å². The van der Waals surface area contributed by atoms with Gasteiger partial charge in [0, 0.05) is 32.8 Å². The summed E-state index contributed by atoms with van der Waals surface area (Å²) in [5.41, 5.74) is 10.9. The number of benzene rings is 7. The second-order valence-electron chi connectivity index (χ2n) is 12.3. The van der Waals surface area contributed by atoms with Crippen LogP contribution >= 0.6 is 0 Å². The Kier molecular flexibility index (Phi) is 6.56. The Balaban J connectivity index is 1.18. The minimum Gasteiger partial charge on any atom is -0.309 e. The smallest absolute Gasteiger partial charge is 0.0998 e. The Labute approximate surface area is 287 Å². The first-order valence-corrected chi connectivity index (χ1v) is 16.3. The SMILES string of the molecule is N#Cc1ccc2c(c1)c1ccccc1n2-c1cccc(C#N)c1-c1ccc(-c2ccc(-n3c4ccccc4c4ccccc43)cc2)c(C#N)c1. The van der Waals surface area contributed by atoms with Gasteiger partial charge in [0.1, 0.15) is 0 Å². The van der Waals surface area contributed by atoms with E-state index in [0.717, 1.165) is 66.5 Å². The largest absolute Gasteiger partial charge is 0.309 e. The standard InChI is InChI=1S/C45H25N5/c46-26-29-16-23-43-39(24-29)38-11-3-6-14-42(38)50(43)44-15-7-8-32(27-47)45(44)31-19-22-35(33(25-31)28-48)30-17-20-34(21-18-30)49-40-12-4-1-9-36(40)37-10-2-5-13-41(37)49/h1-25H. The van der Waals surface area contributed by atoms with Crippen molar-refractivity contribution < 1.29 is 0 Å². The molecule has 2 aromatic heterocycles. The van der Waals surface area contributed by atoms with E-state index in [4.69, 9.17) is 0 Å². The fourth-order valence-corrected chi connectivity index (χ4v) is 7.46. The number of nitriles is 3. The van der Waals surface area contributed by atoms with Crippen LogP contribution in [0.1, 0.15) is 16.7 Å². The third-order valence-electron chi connectivity index (χ3n) is 9.65. The van der Waals surface area contributed by atoms with Crippen molar-refractivity contribution in [3.63, 3.8) is 0 Å². The molecule has 9 aromatic rings. The molecule has 0 N–H and O–H groups in total. The lowest BCUT2D eigenvalue weighted by molar-refractivity contribution is 1.18. The highest BCUT2D eigenvalue weighted by atomic mass is 15.0. The molecule has 0 unspecified atom stereocenters. The molecule has 0 aliphatic rings. The summed E-state index contributed by atoms with van der Waals surface area (Å²) in [5, 5.41) is 34.8. The van der Waals surface area contributed by atoms with Crippen LogP contribution in [-0.4, -0.2) is 9.13 Å². The summed E-state index contributed by atoms with van der Waals surface area (Å²) in [6.45, 7) is 0. The lowest BCUT2D eigenvalue weighted by Gasteiger charge is -2.16. The van der Waals surface area contributed by atoms with Crippen LogP contribution in [0.3, 0.4) is 0 Å². The molecule has 0 saturated carbocycles. The van der Waals surface area contributed by atoms with Gasteiger partial charge in [0.25, 0.3) is 0 Å². The average molecular weight is 636 g/mol. The molecule has 0 fully saturated rings. The molecule has 0 aliphatic carbocycles. The zero-order chi connectivity index (χ0) is 33.8. The number of para-hydroxylation sites is 3. The van der Waals surface area contributed by atoms with Crippen molar-refractivity contribution in [2.24, 2.45) is 0 Å². The monoisotopic (exact) mass is 635 g/mol. The molecule has 230 valence electrons. The molecule has 2 heterocycles. The number of fused-ring (bicyclic) bond motifs is 6. The normalized spacial score (nSPS) is 11.1. The van der Waals surface area contributed by atoms with Gasteiger partial charge in [0.15, 0.2) is 0 Å². The van der Waals surface area contributed by atoms with Gasteiger partial charge < -0.3 is 9.13 Å². The number of aromatic nitrogens is 2. The molecule has 5 nitrogen and oxygen atoms in total. The third kappa shape index (κ3) is 4.31. The molecule has 0 saturated heterocycles. The maximum Gasteiger partial charge on any atom is 0.0998 e. The molecule has 0 bridgehead atoms. The van der Waals surface area contributed by atoms with Crippen LogP contribution in [0, 0.1) is 34.0 Å². The highest BCUT2D eigenvalue weighted by Gasteiger charge is 2.20. The molecule has 0 amide bonds. The van der Waals surface area contributed by atoms with E-state index < -0.39 is 0 Å². The maximum atomic E-state index is 10.5. The zero-order valence-electron chi connectivity index (χ0n) is 26.7. The van der Waals surface area contributed by atoms with Crippen molar-refractivity contribution in [2.45, 2.75) is 0 Å². The lowest BCUT2D eigenvalue weighted by atomic mass is 9.92. The summed E-state index contributed by atoms with van der Waals surface area (Å²) in [6.07, 6.45) is 0. The van der Waals surface area contributed by atoms with Gasteiger partial charge in [-0.15, -0.1) is 0 Å². The highest BCUT2D eigenvalue weighted by molar-refractivity contribution is 6.11. The summed E-state index contributed by atoms with van der Waals surface area (Å²) in [7, 11) is 0. The van der Waals surface area contributed by atoms with E-state index in [2.05, 4.69) is 112 Å². The molecular weight excluding hydrogens is 611 g/mol. The molecule has 0 aliphatic heterocycles. The van der Waals surface area contributed by atoms with Gasteiger partial charge >= 0.3 is 0 Å². The van der Waals surface area contributed by atoms with E-state index in [1.54, 1.807) is 0 Å². The number of nitrogens with zero attached hydrogens (tertiary/aromatic N) is 5. The minimum absolute atomic E-state index is 0.509. The first-order valence-electron chi connectivity index (χ1n) is 16.3. The third-order valence-corrected chi connectivity index (χ3v) is 9.65. The molecule has 7 aromatic carbocycles. The summed E-state index contributed by atoms with van der Waals surface area (Å²) < 4.78 is 4.42. The first-order chi connectivity index (χ1) is 24.7. The van der Waals surface area contributed by atoms with Gasteiger partial charge in [-0.1, -0.05) is 84.9 Å². The Bertz CT molecular complexity index is 2900. The van der Waals surface area contributed by atoms with Crippen LogP contribution in [0.2, 0.25) is 0 Å². The van der Waals surface area contributed by atoms with Crippen LogP contribution in [0.5, 0.6) is 0 Å². The lowest BCUT2D eigenvalue weighted by Crippen LogP contribution is -2.00. The predicted octanol–water partition coefficient (Wildman–Crippen LogP) is 10.8. The van der Waals surface area contributed by atoms with Gasteiger partial charge in [-0.25, -0.2) is 0 Å². The fraction of sp³-hybridized carbons (Fsp3) is 0. The number of hydrogen-bond acceptors (Lipinski definition) is 3. The summed E-state index contributed by atoms with van der Waals surface area (Å²) in [4.78, 5) is 0. The van der Waals surface area contributed by atoms with E-state index in [9.17, 15) is 15.8 Å². The molecule has 0 spiro atoms. The fourth-order valence-electron chi connectivity index (χ4n) is 7.46. The van der Waals surface area contributed by atoms with Crippen molar-refractivity contribution in [1.82, 2.24) is 9.13 Å². The van der Waals surface area contributed by atoms with Crippen LogP contribution in [-0.2, 0) is 0 Å². The molecule has 9 rings (SSSR count). The second-order valence-corrected chi connectivity index (χ2v) is 12.3. The molecule has 0 radical (unpaired) electrons. The molecule has 0 atom stereocenters. The van der Waals surface area contributed by atoms with Crippen LogP contribution in [0.15, 0.2) is 152 Å². The topological polar surface area (TPSA) is 81.2 Å². The number of rotatable bonds is 4. The van der Waals surface area contributed by atoms with Crippen molar-refractivity contribution >= 4 is 43.6 Å². The van der Waals surface area contributed by atoms with E-state index >= 15 is 0 Å². The number of hydrogen-bond donors (Lipinski definition) is 0. The maximum absolute atomic E-state index is 10.5. The van der Waals surface area contributed by atoms with E-state index in [-0.39, 0.29) is 0 Å². The Morgan fingerprint density at radius 2 is 0.980 bits per heavy atom. The average Bonchev–Trinajstić information content (AvgIpc) is 3.70. The minimum atomic E-state index is 0.509. The van der Waals surface area contributed by atoms with Crippen molar-refractivity contribution in [3.05, 3.63) is 168 Å². The first kappa shape index (κ1) is 28.8. The van der Waals surface area contributed by atoms with Gasteiger partial charge in [0.2, 0.25) is 0 Å². The van der Waals surface area contributed by atoms with Crippen molar-refractivity contribution in [1.29, 1.82) is 15.8 Å². The van der Waals surface area contributed by atoms with Crippen molar-refractivity contribution in [3.8, 4) is 51.8 Å². The van der Waals surface area contributed by atoms with E-state index in [1.807, 2.05) is 66.7 Å². The van der Waals surface area contributed by atoms with E-state index in [0.29, 0.717) is 16.7 Å². The molecular formula is C45H25N5. The second kappa shape index (κ2) is 11.4. The van der Waals surface area contributed by atoms with Gasteiger partial charge in [0.05, 0.1) is 62.7 Å². The Morgan fingerprint density at radius 1 is 0.400 bits per heavy atom. The highest BCUT2D eigenvalue weighted by Crippen LogP contribution is 2.40. The van der Waals surface area contributed by atoms with Crippen molar-refractivity contribution in [2.75, 3.05) is 0 Å². The van der Waals surface area contributed by atoms with Crippen LogP contribution in [0.25, 0.3) is 77.2 Å². The Hall–Kier alpha value is -7.39. The zero-order valence-corrected chi connectivity index (χ0v) is 26.7. The molecule has 5 heteroatoms. The van der Waals surface area contributed by atoms with Gasteiger partial charge in [-0.3, -0.25) is 0 Å². The molecule has 50 heavy (non-hydrogen) atoms. The van der Waals surface area contributed by atoms with Gasteiger partial charge in [-0.2, -0.15) is 15.8 Å². The summed E-state index contributed by atoms with van der Waals surface area (Å²) in [5.74, 6) is 0. The van der Waals surface area contributed by atoms with E-state index in [1.165, 1.54) is 10.8 Å².